The standard InChI is InChI=1S/C10H19N5/c1-2-7-14(6-1)8-3-11-4-9-15-10-5-12-13-15/h5,10-11H,1-4,6-9H2. The molecule has 1 N–H and O–H groups in total. The first kappa shape index (κ1) is 10.6. The fourth-order valence-electron chi connectivity index (χ4n) is 1.91. The van der Waals surface area contributed by atoms with Crippen LogP contribution in [0.15, 0.2) is 12.4 Å². The zero-order valence-corrected chi connectivity index (χ0v) is 9.10. The van der Waals surface area contributed by atoms with Gasteiger partial charge in [-0.2, -0.15) is 0 Å². The van der Waals surface area contributed by atoms with Crippen molar-refractivity contribution in [1.82, 2.24) is 25.2 Å². The molecule has 0 saturated carbocycles. The maximum Gasteiger partial charge on any atom is 0.0692 e. The largest absolute Gasteiger partial charge is 0.314 e. The van der Waals surface area contributed by atoms with E-state index in [1.165, 1.54) is 32.5 Å². The first-order valence-corrected chi connectivity index (χ1v) is 5.72. The van der Waals surface area contributed by atoms with Crippen molar-refractivity contribution in [2.75, 3.05) is 32.7 Å². The molecule has 0 atom stereocenters. The Labute approximate surface area is 90.5 Å². The lowest BCUT2D eigenvalue weighted by Crippen LogP contribution is -2.31. The first-order valence-electron chi connectivity index (χ1n) is 5.72. The van der Waals surface area contributed by atoms with Gasteiger partial charge < -0.3 is 10.2 Å². The van der Waals surface area contributed by atoms with E-state index < -0.39 is 0 Å². The van der Waals surface area contributed by atoms with Crippen LogP contribution < -0.4 is 5.32 Å². The van der Waals surface area contributed by atoms with Gasteiger partial charge in [0, 0.05) is 25.8 Å². The van der Waals surface area contributed by atoms with Crippen molar-refractivity contribution >= 4 is 0 Å². The lowest BCUT2D eigenvalue weighted by molar-refractivity contribution is 0.334. The molecule has 0 radical (unpaired) electrons. The number of rotatable bonds is 6. The molecule has 2 rings (SSSR count). The van der Waals surface area contributed by atoms with Gasteiger partial charge in [-0.25, -0.2) is 0 Å². The summed E-state index contributed by atoms with van der Waals surface area (Å²) in [5, 5.41) is 11.1. The molecule has 1 aromatic rings. The summed E-state index contributed by atoms with van der Waals surface area (Å²) in [6, 6.07) is 0. The quantitative estimate of drug-likeness (QED) is 0.668. The highest BCUT2D eigenvalue weighted by Gasteiger charge is 2.09. The average Bonchev–Trinajstić information content (AvgIpc) is 2.88. The summed E-state index contributed by atoms with van der Waals surface area (Å²) in [6.45, 7) is 6.69. The number of likely N-dealkylation sites (tertiary alicyclic amines) is 1. The summed E-state index contributed by atoms with van der Waals surface area (Å²) >= 11 is 0. The van der Waals surface area contributed by atoms with E-state index in [4.69, 9.17) is 0 Å². The van der Waals surface area contributed by atoms with Gasteiger partial charge in [0.05, 0.1) is 12.7 Å². The Morgan fingerprint density at radius 1 is 1.13 bits per heavy atom. The fourth-order valence-corrected chi connectivity index (χ4v) is 1.91. The third-order valence-electron chi connectivity index (χ3n) is 2.79. The van der Waals surface area contributed by atoms with Crippen LogP contribution in [0.1, 0.15) is 12.8 Å². The van der Waals surface area contributed by atoms with E-state index in [1.54, 1.807) is 6.20 Å². The first-order chi connectivity index (χ1) is 7.45. The summed E-state index contributed by atoms with van der Waals surface area (Å²) in [5.74, 6) is 0. The summed E-state index contributed by atoms with van der Waals surface area (Å²) in [7, 11) is 0. The molecule has 0 spiro atoms. The number of nitrogens with one attached hydrogen (secondary N) is 1. The highest BCUT2D eigenvalue weighted by atomic mass is 15.4. The van der Waals surface area contributed by atoms with Gasteiger partial charge in [0.2, 0.25) is 0 Å². The molecule has 1 aliphatic rings. The van der Waals surface area contributed by atoms with Crippen LogP contribution in [0.25, 0.3) is 0 Å². The topological polar surface area (TPSA) is 46.0 Å². The number of hydrogen-bond donors (Lipinski definition) is 1. The molecule has 84 valence electrons. The Hall–Kier alpha value is -0.940. The smallest absolute Gasteiger partial charge is 0.0692 e. The van der Waals surface area contributed by atoms with E-state index in [2.05, 4.69) is 20.5 Å². The van der Waals surface area contributed by atoms with Gasteiger partial charge in [-0.1, -0.05) is 5.21 Å². The Morgan fingerprint density at radius 3 is 2.67 bits per heavy atom. The molecule has 15 heavy (non-hydrogen) atoms. The van der Waals surface area contributed by atoms with Crippen LogP contribution in [-0.2, 0) is 6.54 Å². The van der Waals surface area contributed by atoms with Crippen molar-refractivity contribution in [2.45, 2.75) is 19.4 Å². The molecule has 1 aliphatic heterocycles. The third-order valence-corrected chi connectivity index (χ3v) is 2.79. The van der Waals surface area contributed by atoms with E-state index in [9.17, 15) is 0 Å². The molecule has 1 fully saturated rings. The van der Waals surface area contributed by atoms with Crippen LogP contribution in [0.4, 0.5) is 0 Å². The van der Waals surface area contributed by atoms with Crippen LogP contribution in [-0.4, -0.2) is 52.6 Å². The molecule has 2 heterocycles. The second-order valence-corrected chi connectivity index (χ2v) is 3.96. The molecule has 0 aliphatic carbocycles. The molecular weight excluding hydrogens is 190 g/mol. The molecule has 5 heteroatoms. The lowest BCUT2D eigenvalue weighted by Gasteiger charge is -2.14. The monoisotopic (exact) mass is 209 g/mol. The third kappa shape index (κ3) is 3.60. The van der Waals surface area contributed by atoms with Gasteiger partial charge in [0.25, 0.3) is 0 Å². The molecule has 0 amide bonds. The van der Waals surface area contributed by atoms with Gasteiger partial charge in [-0.05, 0) is 25.9 Å². The molecule has 0 unspecified atom stereocenters. The predicted octanol–water partition coefficient (Wildman–Crippen LogP) is -0.0365. The van der Waals surface area contributed by atoms with Gasteiger partial charge >= 0.3 is 0 Å². The van der Waals surface area contributed by atoms with Crippen molar-refractivity contribution in [3.05, 3.63) is 12.4 Å². The lowest BCUT2D eigenvalue weighted by atomic mass is 10.4. The van der Waals surface area contributed by atoms with Crippen molar-refractivity contribution in [2.24, 2.45) is 0 Å². The maximum absolute atomic E-state index is 3.91. The van der Waals surface area contributed by atoms with E-state index in [1.807, 2.05) is 10.9 Å². The van der Waals surface area contributed by atoms with Crippen molar-refractivity contribution in [3.63, 3.8) is 0 Å². The van der Waals surface area contributed by atoms with Crippen LogP contribution in [0.2, 0.25) is 0 Å². The summed E-state index contributed by atoms with van der Waals surface area (Å²) in [5.41, 5.74) is 0. The second-order valence-electron chi connectivity index (χ2n) is 3.96. The number of aromatic nitrogens is 3. The summed E-state index contributed by atoms with van der Waals surface area (Å²) in [6.07, 6.45) is 6.35. The predicted molar refractivity (Wildman–Crippen MR) is 58.6 cm³/mol. The van der Waals surface area contributed by atoms with Gasteiger partial charge in [-0.3, -0.25) is 4.68 Å². The van der Waals surface area contributed by atoms with Gasteiger partial charge in [0.15, 0.2) is 0 Å². The van der Waals surface area contributed by atoms with Crippen molar-refractivity contribution < 1.29 is 0 Å². The second kappa shape index (κ2) is 5.82. The molecule has 0 aromatic carbocycles. The number of hydrogen-bond acceptors (Lipinski definition) is 4. The molecule has 5 nitrogen and oxygen atoms in total. The van der Waals surface area contributed by atoms with E-state index in [0.29, 0.717) is 0 Å². The highest BCUT2D eigenvalue weighted by molar-refractivity contribution is 4.67. The minimum absolute atomic E-state index is 0.903. The van der Waals surface area contributed by atoms with E-state index >= 15 is 0 Å². The summed E-state index contributed by atoms with van der Waals surface area (Å²) in [4.78, 5) is 2.52. The van der Waals surface area contributed by atoms with Crippen molar-refractivity contribution in [3.8, 4) is 0 Å². The summed E-state index contributed by atoms with van der Waals surface area (Å²) < 4.78 is 1.85. The van der Waals surface area contributed by atoms with E-state index in [-0.39, 0.29) is 0 Å². The van der Waals surface area contributed by atoms with Gasteiger partial charge in [0.1, 0.15) is 0 Å². The van der Waals surface area contributed by atoms with Crippen molar-refractivity contribution in [1.29, 1.82) is 0 Å². The highest BCUT2D eigenvalue weighted by Crippen LogP contribution is 2.05. The maximum atomic E-state index is 3.91. The fraction of sp³-hybridized carbons (Fsp3) is 0.800. The molecular formula is C10H19N5. The van der Waals surface area contributed by atoms with Crippen LogP contribution in [0.5, 0.6) is 0 Å². The molecule has 1 aromatic heterocycles. The minimum atomic E-state index is 0.903. The van der Waals surface area contributed by atoms with Crippen LogP contribution in [0.3, 0.4) is 0 Å². The molecule has 1 saturated heterocycles. The average molecular weight is 209 g/mol. The molecule has 0 bridgehead atoms. The SMILES string of the molecule is c1cn(CCNCCN2CCCC2)nn1. The minimum Gasteiger partial charge on any atom is -0.314 e. The number of nitrogens with zero attached hydrogens (tertiary/aromatic N) is 4. The van der Waals surface area contributed by atoms with Gasteiger partial charge in [-0.15, -0.1) is 5.10 Å². The Bertz CT molecular complexity index is 253. The Balaban J connectivity index is 1.48. The Kier molecular flexibility index (Phi) is 4.11. The zero-order chi connectivity index (χ0) is 10.3. The normalized spacial score (nSPS) is 17.3. The van der Waals surface area contributed by atoms with E-state index in [0.717, 1.165) is 19.6 Å². The Morgan fingerprint density at radius 2 is 1.93 bits per heavy atom. The van der Waals surface area contributed by atoms with Crippen LogP contribution >= 0.6 is 0 Å². The van der Waals surface area contributed by atoms with Crippen LogP contribution in [0, 0.1) is 0 Å². The zero-order valence-electron chi connectivity index (χ0n) is 9.10.